The number of H-pyrrole nitrogens is 2. The summed E-state index contributed by atoms with van der Waals surface area (Å²) in [6, 6.07) is 5.59. The quantitative estimate of drug-likeness (QED) is 0.707. The minimum atomic E-state index is -0.294. The van der Waals surface area contributed by atoms with E-state index in [1.165, 1.54) is 0 Å². The number of nitrogens with zero attached hydrogens (tertiary/aromatic N) is 3. The number of hydrogen-bond donors (Lipinski definition) is 2. The van der Waals surface area contributed by atoms with E-state index in [-0.39, 0.29) is 5.56 Å². The fourth-order valence-corrected chi connectivity index (χ4v) is 2.53. The number of rotatable bonds is 2. The molecule has 6 nitrogen and oxygen atoms in total. The smallest absolute Gasteiger partial charge is 0.275 e. The lowest BCUT2D eigenvalue weighted by atomic mass is 10.2. The summed E-state index contributed by atoms with van der Waals surface area (Å²) in [5.41, 5.74) is 0.851. The minimum absolute atomic E-state index is 0.294. The van der Waals surface area contributed by atoms with Crippen LogP contribution in [0.15, 0.2) is 28.4 Å². The Morgan fingerprint density at radius 3 is 2.84 bits per heavy atom. The third-order valence-corrected chi connectivity index (χ3v) is 3.96. The lowest BCUT2D eigenvalue weighted by Gasteiger charge is -2.01. The van der Waals surface area contributed by atoms with E-state index >= 15 is 0 Å². The van der Waals surface area contributed by atoms with Crippen molar-refractivity contribution in [3.8, 4) is 22.0 Å². The second kappa shape index (κ2) is 4.56. The van der Waals surface area contributed by atoms with Crippen LogP contribution in [0, 0.1) is 4.77 Å². The average molecular weight is 291 g/mol. The van der Waals surface area contributed by atoms with E-state index < -0.39 is 0 Å². The maximum absolute atomic E-state index is 11.9. The molecule has 2 N–H and O–H groups in total. The Morgan fingerprint density at radius 1 is 1.37 bits per heavy atom. The van der Waals surface area contributed by atoms with Gasteiger partial charge in [-0.3, -0.25) is 9.89 Å². The molecule has 3 aromatic heterocycles. The summed E-state index contributed by atoms with van der Waals surface area (Å²) in [7, 11) is 1.76. The van der Waals surface area contributed by atoms with Crippen molar-refractivity contribution in [2.75, 3.05) is 0 Å². The number of nitrogens with one attached hydrogen (secondary N) is 2. The van der Waals surface area contributed by atoms with Crippen LogP contribution in [-0.2, 0) is 7.05 Å². The highest BCUT2D eigenvalue weighted by atomic mass is 32.1. The SMILES string of the molecule is Cn1c(-c2cc(-c3cccs3)n[nH]c2=O)n[nH]c1=S. The summed E-state index contributed by atoms with van der Waals surface area (Å²) in [5, 5.41) is 15.2. The summed E-state index contributed by atoms with van der Waals surface area (Å²) in [5.74, 6) is 0.492. The Morgan fingerprint density at radius 2 is 2.21 bits per heavy atom. The van der Waals surface area contributed by atoms with Crippen LogP contribution in [0.1, 0.15) is 0 Å². The van der Waals surface area contributed by atoms with Gasteiger partial charge in [0.2, 0.25) is 0 Å². The van der Waals surface area contributed by atoms with Gasteiger partial charge in [-0.15, -0.1) is 11.3 Å². The fourth-order valence-electron chi connectivity index (χ4n) is 1.71. The Balaban J connectivity index is 2.22. The van der Waals surface area contributed by atoms with Gasteiger partial charge in [-0.05, 0) is 29.7 Å². The highest BCUT2D eigenvalue weighted by Crippen LogP contribution is 2.24. The van der Waals surface area contributed by atoms with Crippen LogP contribution in [0.5, 0.6) is 0 Å². The molecule has 8 heteroatoms. The molecule has 3 heterocycles. The van der Waals surface area contributed by atoms with E-state index in [0.717, 1.165) is 4.88 Å². The standard InChI is InChI=1S/C11H9N5OS2/c1-16-9(13-15-11(16)18)6-5-7(12-14-10(6)17)8-3-2-4-19-8/h2-5H,1H3,(H,14,17)(H,15,18). The van der Waals surface area contributed by atoms with Crippen molar-refractivity contribution >= 4 is 23.6 Å². The van der Waals surface area contributed by atoms with Crippen molar-refractivity contribution in [2.24, 2.45) is 7.05 Å². The second-order valence-corrected chi connectivity index (χ2v) is 5.22. The normalized spacial score (nSPS) is 10.8. The van der Waals surface area contributed by atoms with Gasteiger partial charge in [0.1, 0.15) is 5.69 Å². The zero-order chi connectivity index (χ0) is 13.4. The van der Waals surface area contributed by atoms with Gasteiger partial charge in [-0.25, -0.2) is 5.10 Å². The van der Waals surface area contributed by atoms with Crippen molar-refractivity contribution in [1.29, 1.82) is 0 Å². The topological polar surface area (TPSA) is 79.4 Å². The van der Waals surface area contributed by atoms with Crippen molar-refractivity contribution in [1.82, 2.24) is 25.0 Å². The first-order valence-electron chi connectivity index (χ1n) is 5.42. The summed E-state index contributed by atoms with van der Waals surface area (Å²) in [6.45, 7) is 0. The summed E-state index contributed by atoms with van der Waals surface area (Å²) < 4.78 is 2.11. The first kappa shape index (κ1) is 12.0. The molecule has 0 amide bonds. The van der Waals surface area contributed by atoms with Crippen LogP contribution < -0.4 is 5.56 Å². The van der Waals surface area contributed by atoms with Gasteiger partial charge in [-0.2, -0.15) is 10.2 Å². The van der Waals surface area contributed by atoms with Crippen molar-refractivity contribution in [2.45, 2.75) is 0 Å². The molecule has 0 radical (unpaired) electrons. The van der Waals surface area contributed by atoms with E-state index in [4.69, 9.17) is 12.2 Å². The van der Waals surface area contributed by atoms with Gasteiger partial charge in [0.15, 0.2) is 10.6 Å². The second-order valence-electron chi connectivity index (χ2n) is 3.88. The summed E-state index contributed by atoms with van der Waals surface area (Å²) in [4.78, 5) is 12.9. The van der Waals surface area contributed by atoms with Crippen LogP contribution in [-0.4, -0.2) is 25.0 Å². The minimum Gasteiger partial charge on any atom is -0.303 e. The Hall–Kier alpha value is -2.06. The summed E-state index contributed by atoms with van der Waals surface area (Å²) in [6.07, 6.45) is 0. The van der Waals surface area contributed by atoms with Gasteiger partial charge >= 0.3 is 0 Å². The maximum Gasteiger partial charge on any atom is 0.275 e. The number of hydrogen-bond acceptors (Lipinski definition) is 5. The predicted molar refractivity (Wildman–Crippen MR) is 75.6 cm³/mol. The van der Waals surface area contributed by atoms with E-state index in [0.29, 0.717) is 21.9 Å². The van der Waals surface area contributed by atoms with Crippen molar-refractivity contribution in [3.63, 3.8) is 0 Å². The molecule has 3 aromatic rings. The molecular formula is C11H9N5OS2. The molecule has 0 saturated heterocycles. The van der Waals surface area contributed by atoms with Crippen molar-refractivity contribution < 1.29 is 0 Å². The maximum atomic E-state index is 11.9. The van der Waals surface area contributed by atoms with Crippen LogP contribution >= 0.6 is 23.6 Å². The van der Waals surface area contributed by atoms with Crippen molar-refractivity contribution in [3.05, 3.63) is 38.7 Å². The molecule has 0 unspecified atom stereocenters. The molecule has 3 rings (SSSR count). The Labute approximate surface area is 116 Å². The molecule has 0 fully saturated rings. The first-order chi connectivity index (χ1) is 9.16. The number of aromatic amines is 2. The van der Waals surface area contributed by atoms with Gasteiger partial charge in [-0.1, -0.05) is 6.07 Å². The summed E-state index contributed by atoms with van der Waals surface area (Å²) >= 11 is 6.60. The predicted octanol–water partition coefficient (Wildman–Crippen LogP) is 1.96. The van der Waals surface area contributed by atoms with Crippen LogP contribution in [0.4, 0.5) is 0 Å². The molecule has 0 aromatic carbocycles. The average Bonchev–Trinajstić information content (AvgIpc) is 3.03. The fraction of sp³-hybridized carbons (Fsp3) is 0.0909. The lowest BCUT2D eigenvalue weighted by Crippen LogP contribution is -2.13. The molecule has 96 valence electrons. The van der Waals surface area contributed by atoms with Crippen LogP contribution in [0.2, 0.25) is 0 Å². The number of thiophene rings is 1. The van der Waals surface area contributed by atoms with Crippen LogP contribution in [0.3, 0.4) is 0 Å². The van der Waals surface area contributed by atoms with E-state index in [9.17, 15) is 4.79 Å². The number of aromatic nitrogens is 5. The molecule has 0 bridgehead atoms. The largest absolute Gasteiger partial charge is 0.303 e. The lowest BCUT2D eigenvalue weighted by molar-refractivity contribution is 0.894. The molecule has 0 aliphatic carbocycles. The van der Waals surface area contributed by atoms with Gasteiger partial charge in [0, 0.05) is 7.05 Å². The van der Waals surface area contributed by atoms with Gasteiger partial charge < -0.3 is 4.57 Å². The Kier molecular flexibility index (Phi) is 2.88. The highest BCUT2D eigenvalue weighted by Gasteiger charge is 2.12. The molecule has 19 heavy (non-hydrogen) atoms. The first-order valence-corrected chi connectivity index (χ1v) is 6.71. The van der Waals surface area contributed by atoms with Gasteiger partial charge in [0.05, 0.1) is 10.4 Å². The van der Waals surface area contributed by atoms with Gasteiger partial charge in [0.25, 0.3) is 5.56 Å². The van der Waals surface area contributed by atoms with Crippen LogP contribution in [0.25, 0.3) is 22.0 Å². The van der Waals surface area contributed by atoms with E-state index in [1.807, 2.05) is 17.5 Å². The highest BCUT2D eigenvalue weighted by molar-refractivity contribution is 7.71. The molecule has 0 atom stereocenters. The molecule has 0 spiro atoms. The monoisotopic (exact) mass is 291 g/mol. The molecular weight excluding hydrogens is 282 g/mol. The molecule has 0 saturated carbocycles. The zero-order valence-electron chi connectivity index (χ0n) is 9.88. The van der Waals surface area contributed by atoms with E-state index in [1.54, 1.807) is 29.0 Å². The third-order valence-electron chi connectivity index (χ3n) is 2.70. The molecule has 0 aliphatic rings. The third kappa shape index (κ3) is 2.04. The molecule has 0 aliphatic heterocycles. The Bertz CT molecular complexity index is 827. The van der Waals surface area contributed by atoms with E-state index in [2.05, 4.69) is 20.4 Å². The zero-order valence-corrected chi connectivity index (χ0v) is 11.5.